The third-order valence-corrected chi connectivity index (χ3v) is 3.98. The molecule has 16 heavy (non-hydrogen) atoms. The first-order chi connectivity index (χ1) is 7.59. The number of carboxylic acid groups (broad SMARTS) is 1. The monoisotopic (exact) mass is 229 g/mol. The van der Waals surface area contributed by atoms with Crippen LogP contribution in [0.15, 0.2) is 0 Å². The fourth-order valence-corrected chi connectivity index (χ4v) is 3.02. The molecule has 0 amide bonds. The van der Waals surface area contributed by atoms with Crippen molar-refractivity contribution in [1.29, 1.82) is 0 Å². The molecule has 2 unspecified atom stereocenters. The molecule has 2 heterocycles. The van der Waals surface area contributed by atoms with Gasteiger partial charge in [0.15, 0.2) is 5.60 Å². The molecular weight excluding hydrogens is 210 g/mol. The summed E-state index contributed by atoms with van der Waals surface area (Å²) in [5, 5.41) is 18.1. The number of aliphatic carboxylic acids is 1. The third kappa shape index (κ3) is 1.83. The van der Waals surface area contributed by atoms with Crippen molar-refractivity contribution in [3.8, 4) is 0 Å². The Labute approximate surface area is 95.0 Å². The Hall–Kier alpha value is -0.650. The summed E-state index contributed by atoms with van der Waals surface area (Å²) < 4.78 is 5.43. The van der Waals surface area contributed by atoms with E-state index < -0.39 is 11.6 Å². The second-order valence-electron chi connectivity index (χ2n) is 4.83. The molecular formula is C11H19NO4. The highest BCUT2D eigenvalue weighted by Crippen LogP contribution is 2.41. The van der Waals surface area contributed by atoms with E-state index in [4.69, 9.17) is 9.84 Å². The summed E-state index contributed by atoms with van der Waals surface area (Å²) in [5.41, 5.74) is -1.07. The standard InChI is InChI=1S/C11H19NO4/c1-12-8-2-3-9(12)7-11(6-8,10(14)15)16-5-4-13/h8-9,13H,2-7H2,1H3,(H,14,15). The number of nitrogens with zero attached hydrogens (tertiary/aromatic N) is 1. The van der Waals surface area contributed by atoms with Gasteiger partial charge in [0, 0.05) is 24.9 Å². The Kier molecular flexibility index (Phi) is 3.19. The maximum atomic E-state index is 11.4. The minimum Gasteiger partial charge on any atom is -0.479 e. The first-order valence-electron chi connectivity index (χ1n) is 5.79. The SMILES string of the molecule is CN1C2CCC1CC(OCCO)(C(=O)O)C2. The molecule has 0 spiro atoms. The molecule has 0 aliphatic carbocycles. The van der Waals surface area contributed by atoms with Crippen LogP contribution in [0.25, 0.3) is 0 Å². The lowest BCUT2D eigenvalue weighted by atomic mass is 9.86. The number of rotatable bonds is 4. The van der Waals surface area contributed by atoms with Crippen LogP contribution >= 0.6 is 0 Å². The largest absolute Gasteiger partial charge is 0.479 e. The molecule has 2 N–H and O–H groups in total. The smallest absolute Gasteiger partial charge is 0.336 e. The Morgan fingerprint density at radius 3 is 2.44 bits per heavy atom. The van der Waals surface area contributed by atoms with Crippen molar-refractivity contribution in [2.24, 2.45) is 0 Å². The quantitative estimate of drug-likeness (QED) is 0.714. The van der Waals surface area contributed by atoms with Gasteiger partial charge in [-0.15, -0.1) is 0 Å². The van der Waals surface area contributed by atoms with Crippen LogP contribution in [0.5, 0.6) is 0 Å². The van der Waals surface area contributed by atoms with Gasteiger partial charge in [-0.1, -0.05) is 0 Å². The Bertz CT molecular complexity index is 267. The van der Waals surface area contributed by atoms with E-state index in [0.717, 1.165) is 12.8 Å². The molecule has 0 saturated carbocycles. The van der Waals surface area contributed by atoms with Gasteiger partial charge >= 0.3 is 5.97 Å². The van der Waals surface area contributed by atoms with Gasteiger partial charge in [-0.3, -0.25) is 0 Å². The van der Waals surface area contributed by atoms with E-state index in [1.807, 2.05) is 0 Å². The molecule has 2 aliphatic heterocycles. The van der Waals surface area contributed by atoms with Crippen molar-refractivity contribution in [3.63, 3.8) is 0 Å². The maximum Gasteiger partial charge on any atom is 0.336 e. The van der Waals surface area contributed by atoms with Gasteiger partial charge in [-0.25, -0.2) is 4.79 Å². The van der Waals surface area contributed by atoms with Gasteiger partial charge in [0.1, 0.15) is 0 Å². The van der Waals surface area contributed by atoms with Crippen LogP contribution in [-0.4, -0.2) is 59.0 Å². The average molecular weight is 229 g/mol. The van der Waals surface area contributed by atoms with Crippen LogP contribution < -0.4 is 0 Å². The highest BCUT2D eigenvalue weighted by molar-refractivity contribution is 5.78. The van der Waals surface area contributed by atoms with Crippen LogP contribution in [0, 0.1) is 0 Å². The van der Waals surface area contributed by atoms with Gasteiger partial charge in [0.05, 0.1) is 13.2 Å². The highest BCUT2D eigenvalue weighted by atomic mass is 16.5. The Morgan fingerprint density at radius 2 is 2.00 bits per heavy atom. The minimum absolute atomic E-state index is 0.107. The molecule has 0 aromatic heterocycles. The van der Waals surface area contributed by atoms with Crippen molar-refractivity contribution in [2.75, 3.05) is 20.3 Å². The lowest BCUT2D eigenvalue weighted by Crippen LogP contribution is -2.55. The number of aliphatic hydroxyl groups is 1. The number of hydrogen-bond donors (Lipinski definition) is 2. The lowest BCUT2D eigenvalue weighted by Gasteiger charge is -2.42. The molecule has 2 saturated heterocycles. The minimum atomic E-state index is -1.07. The molecule has 5 heteroatoms. The highest BCUT2D eigenvalue weighted by Gasteiger charge is 2.52. The summed E-state index contributed by atoms with van der Waals surface area (Å²) in [5.74, 6) is -0.883. The van der Waals surface area contributed by atoms with E-state index in [-0.39, 0.29) is 13.2 Å². The molecule has 92 valence electrons. The second kappa shape index (κ2) is 4.31. The molecule has 0 radical (unpaired) electrons. The molecule has 2 aliphatic rings. The Morgan fingerprint density at radius 1 is 1.44 bits per heavy atom. The molecule has 0 aromatic rings. The van der Waals surface area contributed by atoms with Crippen molar-refractivity contribution in [1.82, 2.24) is 4.90 Å². The Balaban J connectivity index is 2.13. The zero-order chi connectivity index (χ0) is 11.8. The lowest BCUT2D eigenvalue weighted by molar-refractivity contribution is -0.178. The van der Waals surface area contributed by atoms with E-state index in [2.05, 4.69) is 11.9 Å². The topological polar surface area (TPSA) is 70.0 Å². The van der Waals surface area contributed by atoms with Crippen molar-refractivity contribution < 1.29 is 19.7 Å². The van der Waals surface area contributed by atoms with E-state index in [1.54, 1.807) is 0 Å². The number of aliphatic hydroxyl groups excluding tert-OH is 1. The molecule has 2 atom stereocenters. The van der Waals surface area contributed by atoms with Gasteiger partial charge in [0.2, 0.25) is 0 Å². The van der Waals surface area contributed by atoms with Crippen LogP contribution in [0.3, 0.4) is 0 Å². The van der Waals surface area contributed by atoms with Crippen LogP contribution in [0.1, 0.15) is 25.7 Å². The average Bonchev–Trinajstić information content (AvgIpc) is 2.52. The summed E-state index contributed by atoms with van der Waals surface area (Å²) >= 11 is 0. The molecule has 2 bridgehead atoms. The zero-order valence-corrected chi connectivity index (χ0v) is 9.56. The fourth-order valence-electron chi connectivity index (χ4n) is 3.02. The number of carboxylic acids is 1. The number of hydrogen-bond acceptors (Lipinski definition) is 4. The van der Waals surface area contributed by atoms with Crippen LogP contribution in [-0.2, 0) is 9.53 Å². The fraction of sp³-hybridized carbons (Fsp3) is 0.909. The number of piperidine rings is 1. The molecule has 2 rings (SSSR count). The zero-order valence-electron chi connectivity index (χ0n) is 9.56. The first kappa shape index (κ1) is 11.8. The number of ether oxygens (including phenoxy) is 1. The van der Waals surface area contributed by atoms with Gasteiger partial charge in [0.25, 0.3) is 0 Å². The predicted molar refractivity (Wildman–Crippen MR) is 57.2 cm³/mol. The first-order valence-corrected chi connectivity index (χ1v) is 5.79. The van der Waals surface area contributed by atoms with Gasteiger partial charge < -0.3 is 19.8 Å². The number of carbonyl (C=O) groups is 1. The van der Waals surface area contributed by atoms with E-state index in [9.17, 15) is 9.90 Å². The van der Waals surface area contributed by atoms with Gasteiger partial charge in [-0.05, 0) is 19.9 Å². The van der Waals surface area contributed by atoms with E-state index >= 15 is 0 Å². The molecule has 2 fully saturated rings. The summed E-state index contributed by atoms with van der Waals surface area (Å²) in [4.78, 5) is 13.6. The second-order valence-corrected chi connectivity index (χ2v) is 4.83. The summed E-state index contributed by atoms with van der Waals surface area (Å²) in [6.07, 6.45) is 3.18. The third-order valence-electron chi connectivity index (χ3n) is 3.98. The van der Waals surface area contributed by atoms with Crippen LogP contribution in [0.4, 0.5) is 0 Å². The van der Waals surface area contributed by atoms with Crippen LogP contribution in [0.2, 0.25) is 0 Å². The van der Waals surface area contributed by atoms with Crippen molar-refractivity contribution >= 4 is 5.97 Å². The normalized spacial score (nSPS) is 38.9. The number of fused-ring (bicyclic) bond motifs is 2. The molecule has 5 nitrogen and oxygen atoms in total. The summed E-state index contributed by atoms with van der Waals surface area (Å²) in [7, 11) is 2.06. The van der Waals surface area contributed by atoms with Crippen molar-refractivity contribution in [3.05, 3.63) is 0 Å². The van der Waals surface area contributed by atoms with E-state index in [1.165, 1.54) is 0 Å². The van der Waals surface area contributed by atoms with Gasteiger partial charge in [-0.2, -0.15) is 0 Å². The van der Waals surface area contributed by atoms with E-state index in [0.29, 0.717) is 24.9 Å². The summed E-state index contributed by atoms with van der Waals surface area (Å²) in [6.45, 7) is -0.0182. The molecule has 0 aromatic carbocycles. The predicted octanol–water partition coefficient (Wildman–Crippen LogP) is 0.0753. The maximum absolute atomic E-state index is 11.4. The van der Waals surface area contributed by atoms with Crippen molar-refractivity contribution in [2.45, 2.75) is 43.4 Å². The summed E-state index contributed by atoms with van der Waals surface area (Å²) in [6, 6.07) is 0.627.